The van der Waals surface area contributed by atoms with Crippen molar-refractivity contribution >= 4 is 44.5 Å². The van der Waals surface area contributed by atoms with Crippen LogP contribution in [0.5, 0.6) is 0 Å². The molecule has 0 unspecified atom stereocenters. The van der Waals surface area contributed by atoms with Crippen molar-refractivity contribution in [2.75, 3.05) is 25.5 Å². The van der Waals surface area contributed by atoms with E-state index in [1.165, 1.54) is 12.1 Å². The number of piperidine rings is 1. The first kappa shape index (κ1) is 23.3. The molecule has 1 fully saturated rings. The number of carbonyl (C=O) groups is 1. The van der Waals surface area contributed by atoms with E-state index >= 15 is 0 Å². The van der Waals surface area contributed by atoms with Gasteiger partial charge >= 0.3 is 0 Å². The van der Waals surface area contributed by atoms with Gasteiger partial charge in [0.1, 0.15) is 11.5 Å². The molecule has 2 N–H and O–H groups in total. The molecule has 178 valence electrons. The van der Waals surface area contributed by atoms with Crippen molar-refractivity contribution in [3.8, 4) is 11.1 Å². The summed E-state index contributed by atoms with van der Waals surface area (Å²) >= 11 is 3.61. The van der Waals surface area contributed by atoms with Crippen LogP contribution in [0, 0.1) is 5.82 Å². The minimum atomic E-state index is -0.323. The van der Waals surface area contributed by atoms with E-state index in [2.05, 4.69) is 48.5 Å². The second-order valence-corrected chi connectivity index (χ2v) is 9.51. The minimum absolute atomic E-state index is 0.101. The van der Waals surface area contributed by atoms with Crippen molar-refractivity contribution in [2.45, 2.75) is 18.9 Å². The van der Waals surface area contributed by atoms with Crippen molar-refractivity contribution in [3.05, 3.63) is 76.8 Å². The van der Waals surface area contributed by atoms with Crippen LogP contribution < -0.4 is 10.6 Å². The number of benzene rings is 2. The Kier molecular flexibility index (Phi) is 6.70. The molecule has 0 aliphatic carbocycles. The van der Waals surface area contributed by atoms with Gasteiger partial charge in [-0.05, 0) is 74.9 Å². The van der Waals surface area contributed by atoms with Gasteiger partial charge in [-0.25, -0.2) is 14.4 Å². The number of amides is 1. The quantitative estimate of drug-likeness (QED) is 0.368. The SMILES string of the molecule is CN1CCC(NC(=O)c2nc3nc(Nc4ccc(F)cc4)ncc3cc2-c2ccccc2Br)CC1. The number of pyridine rings is 1. The molecule has 5 rings (SSSR count). The van der Waals surface area contributed by atoms with E-state index in [1.54, 1.807) is 18.3 Å². The second kappa shape index (κ2) is 10.1. The van der Waals surface area contributed by atoms with Crippen molar-refractivity contribution < 1.29 is 9.18 Å². The largest absolute Gasteiger partial charge is 0.348 e. The summed E-state index contributed by atoms with van der Waals surface area (Å²) in [5, 5.41) is 6.93. The summed E-state index contributed by atoms with van der Waals surface area (Å²) in [7, 11) is 2.09. The molecule has 1 aliphatic rings. The van der Waals surface area contributed by atoms with Gasteiger partial charge in [-0.2, -0.15) is 4.98 Å². The lowest BCUT2D eigenvalue weighted by Gasteiger charge is -2.29. The van der Waals surface area contributed by atoms with Crippen molar-refractivity contribution in [3.63, 3.8) is 0 Å². The number of likely N-dealkylation sites (tertiary alicyclic amines) is 1. The minimum Gasteiger partial charge on any atom is -0.348 e. The highest BCUT2D eigenvalue weighted by atomic mass is 79.9. The summed E-state index contributed by atoms with van der Waals surface area (Å²) in [5.41, 5.74) is 2.93. The molecule has 35 heavy (non-hydrogen) atoms. The molecular formula is C26H24BrFN6O. The zero-order valence-corrected chi connectivity index (χ0v) is 20.7. The van der Waals surface area contributed by atoms with Crippen LogP contribution in [0.4, 0.5) is 16.0 Å². The van der Waals surface area contributed by atoms with Gasteiger partial charge < -0.3 is 15.5 Å². The van der Waals surface area contributed by atoms with E-state index in [4.69, 9.17) is 4.98 Å². The highest BCUT2D eigenvalue weighted by Gasteiger charge is 2.23. The van der Waals surface area contributed by atoms with Gasteiger partial charge in [-0.15, -0.1) is 0 Å². The summed E-state index contributed by atoms with van der Waals surface area (Å²) in [4.78, 5) is 29.3. The van der Waals surface area contributed by atoms with Crippen LogP contribution >= 0.6 is 15.9 Å². The maximum atomic E-state index is 13.5. The molecule has 1 saturated heterocycles. The fourth-order valence-corrected chi connectivity index (χ4v) is 4.65. The molecule has 1 aliphatic heterocycles. The van der Waals surface area contributed by atoms with Gasteiger partial charge in [-0.3, -0.25) is 4.79 Å². The average Bonchev–Trinajstić information content (AvgIpc) is 2.86. The van der Waals surface area contributed by atoms with Crippen molar-refractivity contribution in [1.29, 1.82) is 0 Å². The number of anilines is 2. The van der Waals surface area contributed by atoms with Crippen LogP contribution in [0.2, 0.25) is 0 Å². The molecule has 1 amide bonds. The van der Waals surface area contributed by atoms with E-state index in [0.29, 0.717) is 33.9 Å². The Labute approximate surface area is 210 Å². The predicted octanol–water partition coefficient (Wildman–Crippen LogP) is 5.16. The molecule has 2 aromatic heterocycles. The van der Waals surface area contributed by atoms with E-state index in [9.17, 15) is 9.18 Å². The average molecular weight is 535 g/mol. The third-order valence-electron chi connectivity index (χ3n) is 6.10. The number of carbonyl (C=O) groups excluding carboxylic acids is 1. The Bertz CT molecular complexity index is 1370. The summed E-state index contributed by atoms with van der Waals surface area (Å²) in [6.07, 6.45) is 3.46. The Hall–Kier alpha value is -3.43. The van der Waals surface area contributed by atoms with E-state index in [-0.39, 0.29) is 17.8 Å². The Morgan fingerprint density at radius 1 is 1.06 bits per heavy atom. The topological polar surface area (TPSA) is 83.0 Å². The maximum Gasteiger partial charge on any atom is 0.270 e. The third-order valence-corrected chi connectivity index (χ3v) is 6.79. The van der Waals surface area contributed by atoms with Crippen LogP contribution in [0.3, 0.4) is 0 Å². The molecule has 9 heteroatoms. The van der Waals surface area contributed by atoms with E-state index in [1.807, 2.05) is 30.3 Å². The van der Waals surface area contributed by atoms with Gasteiger partial charge in [-0.1, -0.05) is 34.1 Å². The lowest BCUT2D eigenvalue weighted by molar-refractivity contribution is 0.0913. The molecule has 2 aromatic carbocycles. The van der Waals surface area contributed by atoms with Crippen LogP contribution in [-0.4, -0.2) is 51.9 Å². The highest BCUT2D eigenvalue weighted by Crippen LogP contribution is 2.32. The Morgan fingerprint density at radius 2 is 1.80 bits per heavy atom. The molecule has 0 atom stereocenters. The molecule has 0 spiro atoms. The summed E-state index contributed by atoms with van der Waals surface area (Å²) < 4.78 is 14.1. The lowest BCUT2D eigenvalue weighted by atomic mass is 10.0. The lowest BCUT2D eigenvalue weighted by Crippen LogP contribution is -2.43. The molecule has 0 radical (unpaired) electrons. The van der Waals surface area contributed by atoms with Gasteiger partial charge in [0, 0.05) is 33.3 Å². The second-order valence-electron chi connectivity index (χ2n) is 8.65. The predicted molar refractivity (Wildman–Crippen MR) is 138 cm³/mol. The van der Waals surface area contributed by atoms with Crippen LogP contribution in [0.15, 0.2) is 65.3 Å². The van der Waals surface area contributed by atoms with Gasteiger partial charge in [0.15, 0.2) is 5.65 Å². The van der Waals surface area contributed by atoms with Gasteiger partial charge in [0.05, 0.1) is 0 Å². The number of hydrogen-bond donors (Lipinski definition) is 2. The fraction of sp³-hybridized carbons (Fsp3) is 0.231. The maximum absolute atomic E-state index is 13.5. The van der Waals surface area contributed by atoms with Crippen molar-refractivity contribution in [1.82, 2.24) is 25.2 Å². The first-order chi connectivity index (χ1) is 17.0. The monoisotopic (exact) mass is 534 g/mol. The highest BCUT2D eigenvalue weighted by molar-refractivity contribution is 9.10. The molecular weight excluding hydrogens is 511 g/mol. The first-order valence-electron chi connectivity index (χ1n) is 11.4. The summed E-state index contributed by atoms with van der Waals surface area (Å²) in [6.45, 7) is 1.89. The normalized spacial score (nSPS) is 14.7. The Morgan fingerprint density at radius 3 is 2.54 bits per heavy atom. The molecule has 7 nitrogen and oxygen atoms in total. The first-order valence-corrected chi connectivity index (χ1v) is 12.2. The fourth-order valence-electron chi connectivity index (χ4n) is 4.15. The van der Waals surface area contributed by atoms with Gasteiger partial charge in [0.25, 0.3) is 5.91 Å². The number of aromatic nitrogens is 3. The standard InChI is InChI=1S/C26H24BrFN6O/c1-34-12-10-19(11-13-34)30-25(35)23-21(20-4-2-3-5-22(20)27)14-16-15-29-26(33-24(16)32-23)31-18-8-6-17(28)7-9-18/h2-9,14-15,19H,10-13H2,1H3,(H,30,35)(H,29,31,32,33). The van der Waals surface area contributed by atoms with E-state index < -0.39 is 0 Å². The third kappa shape index (κ3) is 5.31. The van der Waals surface area contributed by atoms with E-state index in [0.717, 1.165) is 36.0 Å². The zero-order chi connectivity index (χ0) is 24.4. The zero-order valence-electron chi connectivity index (χ0n) is 19.1. The Balaban J connectivity index is 1.53. The van der Waals surface area contributed by atoms with Crippen LogP contribution in [0.25, 0.3) is 22.2 Å². The molecule has 0 bridgehead atoms. The molecule has 4 aromatic rings. The smallest absolute Gasteiger partial charge is 0.270 e. The van der Waals surface area contributed by atoms with Crippen LogP contribution in [-0.2, 0) is 0 Å². The summed E-state index contributed by atoms with van der Waals surface area (Å²) in [5.74, 6) is -0.234. The molecule has 0 saturated carbocycles. The number of rotatable bonds is 5. The molecule has 3 heterocycles. The number of nitrogens with one attached hydrogen (secondary N) is 2. The summed E-state index contributed by atoms with van der Waals surface area (Å²) in [6, 6.07) is 15.7. The van der Waals surface area contributed by atoms with Gasteiger partial charge in [0.2, 0.25) is 5.95 Å². The van der Waals surface area contributed by atoms with Crippen molar-refractivity contribution in [2.24, 2.45) is 0 Å². The number of hydrogen-bond acceptors (Lipinski definition) is 6. The van der Waals surface area contributed by atoms with Crippen LogP contribution in [0.1, 0.15) is 23.3 Å². The number of fused-ring (bicyclic) bond motifs is 1. The number of nitrogens with zero attached hydrogens (tertiary/aromatic N) is 4. The number of halogens is 2.